The lowest BCUT2D eigenvalue weighted by Crippen LogP contribution is -2.16. The maximum atomic E-state index is 13.6. The number of hydrogen-bond donors (Lipinski definition) is 1. The molecule has 1 aliphatic rings. The number of nitrogens with zero attached hydrogens (tertiary/aromatic N) is 2. The average Bonchev–Trinajstić information content (AvgIpc) is 3.30. The fraction of sp³-hybridized carbons (Fsp3) is 0.312. The number of rotatable bonds is 4. The highest BCUT2D eigenvalue weighted by molar-refractivity contribution is 5.94. The van der Waals surface area contributed by atoms with Gasteiger partial charge in [0.2, 0.25) is 5.91 Å². The summed E-state index contributed by atoms with van der Waals surface area (Å²) in [6.45, 7) is 3.51. The Kier molecular flexibility index (Phi) is 3.75. The monoisotopic (exact) mass is 301 g/mol. The third-order valence-corrected chi connectivity index (χ3v) is 3.48. The second-order valence-corrected chi connectivity index (χ2v) is 5.35. The van der Waals surface area contributed by atoms with Crippen LogP contribution in [0.15, 0.2) is 24.3 Å². The van der Waals surface area contributed by atoms with Crippen LogP contribution in [0.1, 0.15) is 24.2 Å². The fourth-order valence-electron chi connectivity index (χ4n) is 2.11. The number of benzene rings is 1. The predicted molar refractivity (Wildman–Crippen MR) is 79.3 cm³/mol. The normalized spacial score (nSPS) is 13.8. The minimum absolute atomic E-state index is 0.00225. The Balaban J connectivity index is 1.82. The van der Waals surface area contributed by atoms with Gasteiger partial charge >= 0.3 is 6.01 Å². The van der Waals surface area contributed by atoms with E-state index in [0.717, 1.165) is 12.8 Å². The van der Waals surface area contributed by atoms with Crippen LogP contribution in [0.2, 0.25) is 0 Å². The zero-order chi connectivity index (χ0) is 15.7. The first-order valence-electron chi connectivity index (χ1n) is 7.13. The van der Waals surface area contributed by atoms with Crippen LogP contribution in [0.5, 0.6) is 11.8 Å². The fourth-order valence-corrected chi connectivity index (χ4v) is 2.11. The molecule has 1 fully saturated rings. The lowest BCUT2D eigenvalue weighted by molar-refractivity contribution is -0.117. The van der Waals surface area contributed by atoms with Crippen LogP contribution >= 0.6 is 0 Å². The second-order valence-electron chi connectivity index (χ2n) is 5.35. The van der Waals surface area contributed by atoms with E-state index in [0.29, 0.717) is 17.1 Å². The molecule has 114 valence electrons. The molecule has 1 amide bonds. The molecule has 1 aromatic carbocycles. The molecule has 1 saturated carbocycles. The molecule has 1 aliphatic carbocycles. The minimum Gasteiger partial charge on any atom is -0.421 e. The number of aromatic nitrogens is 2. The smallest absolute Gasteiger partial charge is 0.322 e. The number of hydrogen-bond acceptors (Lipinski definition) is 4. The van der Waals surface area contributed by atoms with Gasteiger partial charge in [-0.1, -0.05) is 12.1 Å². The van der Waals surface area contributed by atoms with Gasteiger partial charge in [-0.15, -0.1) is 0 Å². The summed E-state index contributed by atoms with van der Waals surface area (Å²) >= 11 is 0. The molecule has 6 heteroatoms. The van der Waals surface area contributed by atoms with Crippen LogP contribution in [-0.4, -0.2) is 15.9 Å². The molecule has 2 aromatic rings. The molecule has 1 heterocycles. The van der Waals surface area contributed by atoms with Crippen molar-refractivity contribution in [2.24, 2.45) is 5.92 Å². The molecular weight excluding hydrogens is 285 g/mol. The van der Waals surface area contributed by atoms with Crippen molar-refractivity contribution in [2.45, 2.75) is 26.7 Å². The number of nitrogens with one attached hydrogen (secondary N) is 1. The number of ether oxygens (including phenoxy) is 1. The summed E-state index contributed by atoms with van der Waals surface area (Å²) in [6.07, 6.45) is 1.86. The molecule has 22 heavy (non-hydrogen) atoms. The Labute approximate surface area is 127 Å². The predicted octanol–water partition coefficient (Wildman–Crippen LogP) is 3.37. The van der Waals surface area contributed by atoms with Crippen LogP contribution in [0.4, 0.5) is 10.1 Å². The zero-order valence-corrected chi connectivity index (χ0v) is 12.4. The standard InChI is InChI=1S/C16H16FN3O2/c1-9-14(20-15(21)11-7-8-11)10(2)19-16(18-9)22-13-6-4-3-5-12(13)17/h3-6,11H,7-8H2,1-2H3,(H,20,21). The van der Waals surface area contributed by atoms with Crippen molar-refractivity contribution in [2.75, 3.05) is 5.32 Å². The maximum absolute atomic E-state index is 13.6. The second kappa shape index (κ2) is 5.71. The molecule has 0 unspecified atom stereocenters. The van der Waals surface area contributed by atoms with E-state index in [2.05, 4.69) is 15.3 Å². The Morgan fingerprint density at radius 1 is 1.23 bits per heavy atom. The Morgan fingerprint density at radius 3 is 2.45 bits per heavy atom. The van der Waals surface area contributed by atoms with Crippen LogP contribution in [0.25, 0.3) is 0 Å². The number of halogens is 1. The van der Waals surface area contributed by atoms with Crippen molar-refractivity contribution >= 4 is 11.6 Å². The summed E-state index contributed by atoms with van der Waals surface area (Å²) in [5, 5.41) is 2.85. The maximum Gasteiger partial charge on any atom is 0.322 e. The van der Waals surface area contributed by atoms with E-state index in [-0.39, 0.29) is 23.6 Å². The summed E-state index contributed by atoms with van der Waals surface area (Å²) in [5.74, 6) is -0.311. The number of amides is 1. The molecular formula is C16H16FN3O2. The van der Waals surface area contributed by atoms with Gasteiger partial charge in [-0.25, -0.2) is 4.39 Å². The Bertz CT molecular complexity index is 706. The SMILES string of the molecule is Cc1nc(Oc2ccccc2F)nc(C)c1NC(=O)C1CC1. The van der Waals surface area contributed by atoms with Crippen molar-refractivity contribution in [3.05, 3.63) is 41.5 Å². The Hall–Kier alpha value is -2.50. The van der Waals surface area contributed by atoms with Crippen molar-refractivity contribution < 1.29 is 13.9 Å². The first-order chi connectivity index (χ1) is 10.5. The van der Waals surface area contributed by atoms with Gasteiger partial charge in [0, 0.05) is 5.92 Å². The molecule has 0 spiro atoms. The lowest BCUT2D eigenvalue weighted by Gasteiger charge is -2.12. The van der Waals surface area contributed by atoms with Gasteiger partial charge in [-0.2, -0.15) is 9.97 Å². The average molecular weight is 301 g/mol. The van der Waals surface area contributed by atoms with E-state index in [9.17, 15) is 9.18 Å². The summed E-state index contributed by atoms with van der Waals surface area (Å²) in [5.41, 5.74) is 1.78. The van der Waals surface area contributed by atoms with Gasteiger partial charge in [0.05, 0.1) is 17.1 Å². The lowest BCUT2D eigenvalue weighted by atomic mass is 10.2. The minimum atomic E-state index is -0.479. The van der Waals surface area contributed by atoms with E-state index in [1.54, 1.807) is 26.0 Å². The highest BCUT2D eigenvalue weighted by Gasteiger charge is 2.30. The summed E-state index contributed by atoms with van der Waals surface area (Å²) in [4.78, 5) is 20.2. The summed E-state index contributed by atoms with van der Waals surface area (Å²) < 4.78 is 19.0. The van der Waals surface area contributed by atoms with Gasteiger partial charge in [0.1, 0.15) is 0 Å². The van der Waals surface area contributed by atoms with E-state index in [4.69, 9.17) is 4.74 Å². The van der Waals surface area contributed by atoms with Gasteiger partial charge < -0.3 is 10.1 Å². The summed E-state index contributed by atoms with van der Waals surface area (Å²) in [6, 6.07) is 6.12. The van der Waals surface area contributed by atoms with Gasteiger partial charge in [0.25, 0.3) is 0 Å². The van der Waals surface area contributed by atoms with Crippen molar-refractivity contribution in [1.29, 1.82) is 0 Å². The first kappa shape index (κ1) is 14.4. The number of carbonyl (C=O) groups is 1. The topological polar surface area (TPSA) is 64.1 Å². The molecule has 1 N–H and O–H groups in total. The van der Waals surface area contributed by atoms with E-state index in [1.807, 2.05) is 0 Å². The summed E-state index contributed by atoms with van der Waals surface area (Å²) in [7, 11) is 0. The largest absolute Gasteiger partial charge is 0.421 e. The van der Waals surface area contributed by atoms with Crippen LogP contribution in [0, 0.1) is 25.6 Å². The molecule has 0 radical (unpaired) electrons. The number of aryl methyl sites for hydroxylation is 2. The third kappa shape index (κ3) is 3.05. The van der Waals surface area contributed by atoms with Gasteiger partial charge in [0.15, 0.2) is 11.6 Å². The number of para-hydroxylation sites is 1. The molecule has 5 nitrogen and oxygen atoms in total. The van der Waals surface area contributed by atoms with E-state index >= 15 is 0 Å². The molecule has 0 saturated heterocycles. The van der Waals surface area contributed by atoms with E-state index < -0.39 is 5.82 Å². The molecule has 1 aromatic heterocycles. The third-order valence-electron chi connectivity index (χ3n) is 3.48. The number of carbonyl (C=O) groups excluding carboxylic acids is 1. The van der Waals surface area contributed by atoms with Crippen LogP contribution in [0.3, 0.4) is 0 Å². The Morgan fingerprint density at radius 2 is 1.86 bits per heavy atom. The van der Waals surface area contributed by atoms with Crippen LogP contribution < -0.4 is 10.1 Å². The molecule has 0 atom stereocenters. The van der Waals surface area contributed by atoms with Crippen molar-refractivity contribution in [1.82, 2.24) is 9.97 Å². The quantitative estimate of drug-likeness (QED) is 0.940. The highest BCUT2D eigenvalue weighted by Crippen LogP contribution is 2.31. The molecule has 0 aliphatic heterocycles. The van der Waals surface area contributed by atoms with Crippen LogP contribution in [-0.2, 0) is 4.79 Å². The van der Waals surface area contributed by atoms with E-state index in [1.165, 1.54) is 12.1 Å². The number of anilines is 1. The molecule has 0 bridgehead atoms. The van der Waals surface area contributed by atoms with Gasteiger partial charge in [-0.05, 0) is 38.8 Å². The van der Waals surface area contributed by atoms with Crippen molar-refractivity contribution in [3.8, 4) is 11.8 Å². The molecule has 3 rings (SSSR count). The van der Waals surface area contributed by atoms with Gasteiger partial charge in [-0.3, -0.25) is 4.79 Å². The van der Waals surface area contributed by atoms with Crippen molar-refractivity contribution in [3.63, 3.8) is 0 Å². The highest BCUT2D eigenvalue weighted by atomic mass is 19.1. The zero-order valence-electron chi connectivity index (χ0n) is 12.4. The first-order valence-corrected chi connectivity index (χ1v) is 7.13.